The van der Waals surface area contributed by atoms with Crippen LogP contribution in [0.3, 0.4) is 0 Å². The SMILES string of the molecule is CNC(=O)CN1CCC(NC2CCC(C)C(C)C2)CC1. The van der Waals surface area contributed by atoms with Crippen molar-refractivity contribution in [1.82, 2.24) is 15.5 Å². The van der Waals surface area contributed by atoms with Gasteiger partial charge in [0.25, 0.3) is 0 Å². The van der Waals surface area contributed by atoms with E-state index in [2.05, 4.69) is 29.4 Å². The van der Waals surface area contributed by atoms with Gasteiger partial charge in [0.15, 0.2) is 0 Å². The van der Waals surface area contributed by atoms with Crippen LogP contribution in [0.5, 0.6) is 0 Å². The van der Waals surface area contributed by atoms with E-state index in [1.54, 1.807) is 7.05 Å². The Morgan fingerprint density at radius 3 is 2.35 bits per heavy atom. The molecule has 3 atom stereocenters. The van der Waals surface area contributed by atoms with Gasteiger partial charge in [-0.05, 0) is 43.9 Å². The molecule has 2 rings (SSSR count). The third kappa shape index (κ3) is 4.45. The minimum absolute atomic E-state index is 0.131. The van der Waals surface area contributed by atoms with Crippen LogP contribution in [0, 0.1) is 11.8 Å². The molecule has 1 aliphatic heterocycles. The van der Waals surface area contributed by atoms with Gasteiger partial charge in [0.1, 0.15) is 0 Å². The van der Waals surface area contributed by atoms with Crippen LogP contribution in [0.25, 0.3) is 0 Å². The first kappa shape index (κ1) is 15.8. The van der Waals surface area contributed by atoms with Crippen molar-refractivity contribution in [2.75, 3.05) is 26.7 Å². The molecule has 116 valence electrons. The molecule has 0 aromatic rings. The summed E-state index contributed by atoms with van der Waals surface area (Å²) < 4.78 is 0. The Kier molecular flexibility index (Phi) is 5.85. The van der Waals surface area contributed by atoms with Crippen molar-refractivity contribution in [3.63, 3.8) is 0 Å². The number of carbonyl (C=O) groups excluding carboxylic acids is 1. The van der Waals surface area contributed by atoms with Gasteiger partial charge in [-0.25, -0.2) is 0 Å². The quantitative estimate of drug-likeness (QED) is 0.823. The number of nitrogens with one attached hydrogen (secondary N) is 2. The first-order chi connectivity index (χ1) is 9.58. The largest absolute Gasteiger partial charge is 0.358 e. The predicted molar refractivity (Wildman–Crippen MR) is 82.6 cm³/mol. The molecule has 2 aliphatic rings. The van der Waals surface area contributed by atoms with Gasteiger partial charge in [0.2, 0.25) is 5.91 Å². The Hall–Kier alpha value is -0.610. The topological polar surface area (TPSA) is 44.4 Å². The number of amides is 1. The zero-order valence-electron chi connectivity index (χ0n) is 13.3. The van der Waals surface area contributed by atoms with Crippen molar-refractivity contribution < 1.29 is 4.79 Å². The normalized spacial score (nSPS) is 33.0. The average molecular weight is 281 g/mol. The second-order valence-corrected chi connectivity index (χ2v) is 6.85. The lowest BCUT2D eigenvalue weighted by atomic mass is 9.79. The summed E-state index contributed by atoms with van der Waals surface area (Å²) in [7, 11) is 1.71. The Balaban J connectivity index is 1.68. The zero-order valence-corrected chi connectivity index (χ0v) is 13.3. The summed E-state index contributed by atoms with van der Waals surface area (Å²) in [5.74, 6) is 1.88. The lowest BCUT2D eigenvalue weighted by molar-refractivity contribution is -0.122. The summed E-state index contributed by atoms with van der Waals surface area (Å²) in [5, 5.41) is 6.57. The molecule has 1 aliphatic carbocycles. The lowest BCUT2D eigenvalue weighted by Gasteiger charge is -2.38. The van der Waals surface area contributed by atoms with Gasteiger partial charge in [0.05, 0.1) is 6.54 Å². The molecule has 0 radical (unpaired) electrons. The second kappa shape index (κ2) is 7.41. The monoisotopic (exact) mass is 281 g/mol. The zero-order chi connectivity index (χ0) is 14.5. The smallest absolute Gasteiger partial charge is 0.233 e. The van der Waals surface area contributed by atoms with E-state index in [0.29, 0.717) is 12.6 Å². The highest BCUT2D eigenvalue weighted by Gasteiger charge is 2.27. The molecule has 3 unspecified atom stereocenters. The molecule has 1 amide bonds. The maximum Gasteiger partial charge on any atom is 0.233 e. The molecule has 0 spiro atoms. The van der Waals surface area contributed by atoms with Crippen molar-refractivity contribution in [2.24, 2.45) is 11.8 Å². The molecule has 1 saturated heterocycles. The fourth-order valence-electron chi connectivity index (χ4n) is 3.57. The number of hydrogen-bond acceptors (Lipinski definition) is 3. The first-order valence-corrected chi connectivity index (χ1v) is 8.27. The molecular formula is C16H31N3O. The van der Waals surface area contributed by atoms with E-state index in [-0.39, 0.29) is 5.91 Å². The van der Waals surface area contributed by atoms with Crippen LogP contribution in [0.4, 0.5) is 0 Å². The van der Waals surface area contributed by atoms with Gasteiger partial charge in [0, 0.05) is 32.2 Å². The van der Waals surface area contributed by atoms with Gasteiger partial charge < -0.3 is 10.6 Å². The van der Waals surface area contributed by atoms with Crippen molar-refractivity contribution in [2.45, 2.75) is 58.0 Å². The van der Waals surface area contributed by atoms with Crippen LogP contribution in [0.15, 0.2) is 0 Å². The number of nitrogens with zero attached hydrogens (tertiary/aromatic N) is 1. The van der Waals surface area contributed by atoms with Gasteiger partial charge in [-0.15, -0.1) is 0 Å². The molecule has 0 aromatic heterocycles. The first-order valence-electron chi connectivity index (χ1n) is 8.27. The molecule has 1 saturated carbocycles. The van der Waals surface area contributed by atoms with Crippen molar-refractivity contribution >= 4 is 5.91 Å². The Bertz CT molecular complexity index is 313. The number of likely N-dealkylation sites (N-methyl/N-ethyl adjacent to an activating group) is 1. The highest BCUT2D eigenvalue weighted by molar-refractivity contribution is 5.77. The summed E-state index contributed by atoms with van der Waals surface area (Å²) in [5.41, 5.74) is 0. The van der Waals surface area contributed by atoms with E-state index >= 15 is 0 Å². The maximum atomic E-state index is 11.4. The van der Waals surface area contributed by atoms with Crippen LogP contribution in [-0.2, 0) is 4.79 Å². The molecule has 2 N–H and O–H groups in total. The van der Waals surface area contributed by atoms with E-state index in [0.717, 1.165) is 31.0 Å². The summed E-state index contributed by atoms with van der Waals surface area (Å²) >= 11 is 0. The van der Waals surface area contributed by atoms with E-state index in [1.807, 2.05) is 0 Å². The molecular weight excluding hydrogens is 250 g/mol. The van der Waals surface area contributed by atoms with Gasteiger partial charge in [-0.3, -0.25) is 9.69 Å². The average Bonchev–Trinajstić information content (AvgIpc) is 2.45. The molecule has 4 heteroatoms. The van der Waals surface area contributed by atoms with Crippen molar-refractivity contribution in [3.8, 4) is 0 Å². The van der Waals surface area contributed by atoms with Crippen LogP contribution in [0.1, 0.15) is 46.0 Å². The fraction of sp³-hybridized carbons (Fsp3) is 0.938. The Morgan fingerprint density at radius 1 is 1.05 bits per heavy atom. The molecule has 20 heavy (non-hydrogen) atoms. The molecule has 2 fully saturated rings. The number of carbonyl (C=O) groups is 1. The van der Waals surface area contributed by atoms with Crippen molar-refractivity contribution in [3.05, 3.63) is 0 Å². The summed E-state index contributed by atoms with van der Waals surface area (Å²) in [4.78, 5) is 13.6. The standard InChI is InChI=1S/C16H31N3O/c1-12-4-5-15(10-13(12)2)18-14-6-8-19(9-7-14)11-16(20)17-3/h12-15,18H,4-11H2,1-3H3,(H,17,20). The summed E-state index contributed by atoms with van der Waals surface area (Å²) in [6.45, 7) is 7.43. The van der Waals surface area contributed by atoms with Crippen molar-refractivity contribution in [1.29, 1.82) is 0 Å². The fourth-order valence-corrected chi connectivity index (χ4v) is 3.57. The van der Waals surface area contributed by atoms with Gasteiger partial charge in [-0.2, -0.15) is 0 Å². The van der Waals surface area contributed by atoms with Crippen LogP contribution in [-0.4, -0.2) is 49.6 Å². The Labute approximate surface area is 123 Å². The highest BCUT2D eigenvalue weighted by atomic mass is 16.1. The van der Waals surface area contributed by atoms with Gasteiger partial charge in [-0.1, -0.05) is 13.8 Å². The highest BCUT2D eigenvalue weighted by Crippen LogP contribution is 2.30. The van der Waals surface area contributed by atoms with E-state index in [1.165, 1.54) is 32.1 Å². The summed E-state index contributed by atoms with van der Waals surface area (Å²) in [6.07, 6.45) is 6.40. The summed E-state index contributed by atoms with van der Waals surface area (Å²) in [6, 6.07) is 1.37. The third-order valence-electron chi connectivity index (χ3n) is 5.30. The second-order valence-electron chi connectivity index (χ2n) is 6.85. The maximum absolute atomic E-state index is 11.4. The molecule has 1 heterocycles. The number of rotatable bonds is 4. The van der Waals surface area contributed by atoms with E-state index in [9.17, 15) is 4.79 Å². The molecule has 0 aromatic carbocycles. The number of likely N-dealkylation sites (tertiary alicyclic amines) is 1. The Morgan fingerprint density at radius 2 is 1.75 bits per heavy atom. The lowest BCUT2D eigenvalue weighted by Crippen LogP contribution is -2.49. The number of hydrogen-bond donors (Lipinski definition) is 2. The van der Waals surface area contributed by atoms with Gasteiger partial charge >= 0.3 is 0 Å². The third-order valence-corrected chi connectivity index (χ3v) is 5.30. The predicted octanol–water partition coefficient (Wildman–Crippen LogP) is 1.61. The van der Waals surface area contributed by atoms with E-state index < -0.39 is 0 Å². The molecule has 4 nitrogen and oxygen atoms in total. The van der Waals surface area contributed by atoms with Crippen LogP contribution < -0.4 is 10.6 Å². The number of piperidine rings is 1. The van der Waals surface area contributed by atoms with Crippen LogP contribution in [0.2, 0.25) is 0 Å². The van der Waals surface area contributed by atoms with E-state index in [4.69, 9.17) is 0 Å². The van der Waals surface area contributed by atoms with Crippen LogP contribution >= 0.6 is 0 Å². The minimum atomic E-state index is 0.131. The minimum Gasteiger partial charge on any atom is -0.358 e. The molecule has 0 bridgehead atoms.